The highest BCUT2D eigenvalue weighted by molar-refractivity contribution is 6.23. The summed E-state index contributed by atoms with van der Waals surface area (Å²) in [7, 11) is 0. The van der Waals surface area contributed by atoms with Crippen LogP contribution >= 0.6 is 0 Å². The van der Waals surface area contributed by atoms with Crippen LogP contribution in [0.5, 0.6) is 0 Å². The fourth-order valence-electron chi connectivity index (χ4n) is 8.29. The summed E-state index contributed by atoms with van der Waals surface area (Å²) >= 11 is 0. The molecule has 0 nitrogen and oxygen atoms in total. The molecule has 10 aromatic rings. The molecule has 0 fully saturated rings. The fraction of sp³-hybridized carbons (Fsp3) is 0. The molecule has 0 saturated heterocycles. The van der Waals surface area contributed by atoms with Crippen molar-refractivity contribution in [2.24, 2.45) is 0 Å². The van der Waals surface area contributed by atoms with Crippen LogP contribution in [0.1, 0.15) is 0 Å². The number of rotatable bonds is 5. The largest absolute Gasteiger partial charge is 0.0622 e. The van der Waals surface area contributed by atoms with Crippen LogP contribution in [0.25, 0.3) is 98.7 Å². The lowest BCUT2D eigenvalue weighted by molar-refractivity contribution is 1.61. The van der Waals surface area contributed by atoms with Gasteiger partial charge in [-0.05, 0) is 111 Å². The van der Waals surface area contributed by atoms with Crippen LogP contribution < -0.4 is 0 Å². The van der Waals surface area contributed by atoms with Gasteiger partial charge in [0.25, 0.3) is 0 Å². The normalized spacial score (nSPS) is 11.5. The predicted molar refractivity (Wildman–Crippen MR) is 224 cm³/mol. The number of hydrogen-bond acceptors (Lipinski definition) is 0. The van der Waals surface area contributed by atoms with Crippen LogP contribution in [0.3, 0.4) is 0 Å². The molecule has 0 atom stereocenters. The quantitative estimate of drug-likeness (QED) is 0.161. The van der Waals surface area contributed by atoms with E-state index in [-0.39, 0.29) is 0 Å². The molecule has 10 rings (SSSR count). The van der Waals surface area contributed by atoms with Gasteiger partial charge in [0, 0.05) is 0 Å². The summed E-state index contributed by atoms with van der Waals surface area (Å²) < 4.78 is 0. The molecule has 10 aromatic carbocycles. The second kappa shape index (κ2) is 12.5. The van der Waals surface area contributed by atoms with Crippen molar-refractivity contribution < 1.29 is 0 Å². The SMILES string of the molecule is c1ccc(-c2c3ccccc3c(-c3ccc4ccccc4c3)c3ccc(-c4ccc(-c5ccccc5)c5c(-c6ccccc6)cccc45)cc23)cc1. The Hall–Kier alpha value is -6.76. The second-order valence-electron chi connectivity index (χ2n) is 13.6. The minimum atomic E-state index is 1.21. The summed E-state index contributed by atoms with van der Waals surface area (Å²) in [4.78, 5) is 0. The topological polar surface area (TPSA) is 0 Å². The molecule has 0 N–H and O–H groups in total. The van der Waals surface area contributed by atoms with Gasteiger partial charge in [-0.25, -0.2) is 0 Å². The van der Waals surface area contributed by atoms with Crippen molar-refractivity contribution in [2.45, 2.75) is 0 Å². The van der Waals surface area contributed by atoms with Gasteiger partial charge in [0.1, 0.15) is 0 Å². The molecule has 0 bridgehead atoms. The Morgan fingerprint density at radius 2 is 0.712 bits per heavy atom. The molecule has 0 aliphatic rings. The van der Waals surface area contributed by atoms with Crippen molar-refractivity contribution in [1.29, 1.82) is 0 Å². The maximum absolute atomic E-state index is 2.45. The molecule has 52 heavy (non-hydrogen) atoms. The zero-order valence-corrected chi connectivity index (χ0v) is 28.6. The van der Waals surface area contributed by atoms with E-state index in [1.165, 1.54) is 98.7 Å². The molecule has 0 amide bonds. The highest BCUT2D eigenvalue weighted by Gasteiger charge is 2.19. The second-order valence-corrected chi connectivity index (χ2v) is 13.6. The highest BCUT2D eigenvalue weighted by atomic mass is 14.2. The van der Waals surface area contributed by atoms with E-state index in [2.05, 4.69) is 206 Å². The van der Waals surface area contributed by atoms with Gasteiger partial charge in [-0.2, -0.15) is 0 Å². The van der Waals surface area contributed by atoms with E-state index in [4.69, 9.17) is 0 Å². The predicted octanol–water partition coefficient (Wildman–Crippen LogP) is 14.6. The summed E-state index contributed by atoms with van der Waals surface area (Å²) in [6, 6.07) is 75.6. The maximum atomic E-state index is 2.45. The van der Waals surface area contributed by atoms with E-state index >= 15 is 0 Å². The molecule has 0 heterocycles. The van der Waals surface area contributed by atoms with E-state index in [0.29, 0.717) is 0 Å². The van der Waals surface area contributed by atoms with E-state index < -0.39 is 0 Å². The van der Waals surface area contributed by atoms with Crippen LogP contribution in [0.4, 0.5) is 0 Å². The molecule has 0 aromatic heterocycles. The molecule has 0 heteroatoms. The van der Waals surface area contributed by atoms with E-state index in [1.807, 2.05) is 0 Å². The number of benzene rings is 10. The first-order chi connectivity index (χ1) is 25.8. The molecular weight excluding hydrogens is 625 g/mol. The van der Waals surface area contributed by atoms with E-state index in [1.54, 1.807) is 0 Å². The Labute approximate surface area is 303 Å². The Morgan fingerprint density at radius 3 is 1.40 bits per heavy atom. The summed E-state index contributed by atoms with van der Waals surface area (Å²) in [6.07, 6.45) is 0. The molecule has 0 unspecified atom stereocenters. The van der Waals surface area contributed by atoms with Crippen molar-refractivity contribution in [3.8, 4) is 55.6 Å². The average molecular weight is 659 g/mol. The van der Waals surface area contributed by atoms with Crippen LogP contribution in [0.15, 0.2) is 206 Å². The third-order valence-electron chi connectivity index (χ3n) is 10.6. The summed E-state index contributed by atoms with van der Waals surface area (Å²) in [5.74, 6) is 0. The van der Waals surface area contributed by atoms with Gasteiger partial charge in [0.15, 0.2) is 0 Å². The van der Waals surface area contributed by atoms with Gasteiger partial charge < -0.3 is 0 Å². The molecule has 0 saturated carbocycles. The Balaban J connectivity index is 1.29. The van der Waals surface area contributed by atoms with Crippen molar-refractivity contribution in [2.75, 3.05) is 0 Å². The Kier molecular flexibility index (Phi) is 7.25. The molecule has 0 radical (unpaired) electrons. The molecular formula is C52H34. The third kappa shape index (κ3) is 5.00. The van der Waals surface area contributed by atoms with Gasteiger partial charge in [-0.15, -0.1) is 0 Å². The molecule has 0 spiro atoms. The van der Waals surface area contributed by atoms with E-state index in [0.717, 1.165) is 0 Å². The first-order valence-electron chi connectivity index (χ1n) is 18.0. The summed E-state index contributed by atoms with van der Waals surface area (Å²) in [5, 5.41) is 10.1. The lowest BCUT2D eigenvalue weighted by Crippen LogP contribution is -1.93. The summed E-state index contributed by atoms with van der Waals surface area (Å²) in [5.41, 5.74) is 12.4. The van der Waals surface area contributed by atoms with Crippen molar-refractivity contribution in [3.63, 3.8) is 0 Å². The molecule has 242 valence electrons. The van der Waals surface area contributed by atoms with E-state index in [9.17, 15) is 0 Å². The van der Waals surface area contributed by atoms with Crippen LogP contribution in [0, 0.1) is 0 Å². The Morgan fingerprint density at radius 1 is 0.212 bits per heavy atom. The first-order valence-corrected chi connectivity index (χ1v) is 18.0. The van der Waals surface area contributed by atoms with Crippen LogP contribution in [0.2, 0.25) is 0 Å². The minimum Gasteiger partial charge on any atom is -0.0622 e. The monoisotopic (exact) mass is 658 g/mol. The van der Waals surface area contributed by atoms with Crippen LogP contribution in [-0.2, 0) is 0 Å². The van der Waals surface area contributed by atoms with Gasteiger partial charge in [-0.1, -0.05) is 194 Å². The zero-order valence-electron chi connectivity index (χ0n) is 28.6. The minimum absolute atomic E-state index is 1.21. The lowest BCUT2D eigenvalue weighted by Gasteiger charge is -2.20. The number of hydrogen-bond donors (Lipinski definition) is 0. The summed E-state index contributed by atoms with van der Waals surface area (Å²) in [6.45, 7) is 0. The molecule has 0 aliphatic carbocycles. The highest BCUT2D eigenvalue weighted by Crippen LogP contribution is 2.47. The van der Waals surface area contributed by atoms with Crippen molar-refractivity contribution in [3.05, 3.63) is 206 Å². The number of fused-ring (bicyclic) bond motifs is 4. The van der Waals surface area contributed by atoms with Gasteiger partial charge in [0.2, 0.25) is 0 Å². The zero-order chi connectivity index (χ0) is 34.4. The fourth-order valence-corrected chi connectivity index (χ4v) is 8.29. The Bertz CT molecular complexity index is 2880. The third-order valence-corrected chi connectivity index (χ3v) is 10.6. The molecule has 0 aliphatic heterocycles. The standard InChI is InChI=1S/C52H34/c1-4-16-36(17-5-1)43-25-14-26-45-42(31-32-44(52(43)45)37-18-6-2-7-19-37)40-29-30-48-49(34-40)50(38-20-8-3-9-21-38)46-23-12-13-24-47(46)51(48)41-28-27-35-15-10-11-22-39(35)33-41/h1-34H. The van der Waals surface area contributed by atoms with Crippen molar-refractivity contribution >= 4 is 43.1 Å². The van der Waals surface area contributed by atoms with Crippen LogP contribution in [-0.4, -0.2) is 0 Å². The average Bonchev–Trinajstić information content (AvgIpc) is 3.22. The van der Waals surface area contributed by atoms with Crippen molar-refractivity contribution in [1.82, 2.24) is 0 Å². The van der Waals surface area contributed by atoms with Gasteiger partial charge in [-0.3, -0.25) is 0 Å². The smallest absolute Gasteiger partial charge is 0.00206 e. The maximum Gasteiger partial charge on any atom is -0.00206 e. The van der Waals surface area contributed by atoms with Gasteiger partial charge >= 0.3 is 0 Å². The van der Waals surface area contributed by atoms with Gasteiger partial charge in [0.05, 0.1) is 0 Å². The first kappa shape index (κ1) is 30.1. The lowest BCUT2D eigenvalue weighted by atomic mass is 9.83.